The monoisotopic (exact) mass is 231 g/mol. The Morgan fingerprint density at radius 3 is 2.60 bits per heavy atom. The molecule has 2 rings (SSSR count). The van der Waals surface area contributed by atoms with Crippen molar-refractivity contribution in [2.45, 2.75) is 44.8 Å². The minimum Gasteiger partial charge on any atom is -0.391 e. The first-order valence-corrected chi connectivity index (χ1v) is 8.72. The van der Waals surface area contributed by atoms with E-state index in [-0.39, 0.29) is 6.10 Å². The summed E-state index contributed by atoms with van der Waals surface area (Å²) in [4.78, 5) is 0. The topological polar surface area (TPSA) is 32.3 Å². The van der Waals surface area contributed by atoms with Gasteiger partial charge in [-0.15, -0.1) is 0 Å². The predicted octanol–water partition coefficient (Wildman–Crippen LogP) is 1.72. The van der Waals surface area contributed by atoms with Crippen molar-refractivity contribution in [3.05, 3.63) is 0 Å². The van der Waals surface area contributed by atoms with Gasteiger partial charge in [0, 0.05) is 11.8 Å². The van der Waals surface area contributed by atoms with E-state index in [1.54, 1.807) is 0 Å². The van der Waals surface area contributed by atoms with Gasteiger partial charge in [0.05, 0.1) is 6.10 Å². The van der Waals surface area contributed by atoms with Gasteiger partial charge in [-0.3, -0.25) is 0 Å². The highest BCUT2D eigenvalue weighted by Gasteiger charge is 2.32. The third-order valence-corrected chi connectivity index (χ3v) is 8.69. The van der Waals surface area contributed by atoms with E-state index >= 15 is 0 Å². The summed E-state index contributed by atoms with van der Waals surface area (Å²) in [6.07, 6.45) is 5.18. The first-order valence-electron chi connectivity index (χ1n) is 6.41. The van der Waals surface area contributed by atoms with Gasteiger partial charge in [0.15, 0.2) is 0 Å². The molecule has 2 heterocycles. The smallest absolute Gasteiger partial charge is 0.0768 e. The highest BCUT2D eigenvalue weighted by molar-refractivity contribution is 8.33. The summed E-state index contributed by atoms with van der Waals surface area (Å²) in [5, 5.41) is 13.7. The number of rotatable bonds is 4. The Labute approximate surface area is 95.1 Å². The van der Waals surface area contributed by atoms with Gasteiger partial charge < -0.3 is 10.4 Å². The number of aliphatic hydroxyl groups is 1. The number of nitrogens with one attached hydrogen (secondary N) is 1. The summed E-state index contributed by atoms with van der Waals surface area (Å²) in [6.45, 7) is 3.44. The fourth-order valence-corrected chi connectivity index (χ4v) is 6.95. The molecule has 90 valence electrons. The largest absolute Gasteiger partial charge is 0.391 e. The van der Waals surface area contributed by atoms with Crippen LogP contribution in [-0.2, 0) is 0 Å². The van der Waals surface area contributed by atoms with Crippen LogP contribution in [0.25, 0.3) is 0 Å². The summed E-state index contributed by atoms with van der Waals surface area (Å²) < 4.78 is 0. The number of hydrogen-bond donors (Lipinski definition) is 2. The van der Waals surface area contributed by atoms with Crippen LogP contribution in [-0.4, -0.2) is 46.8 Å². The minimum atomic E-state index is -0.426. The van der Waals surface area contributed by atoms with Crippen molar-refractivity contribution in [3.63, 3.8) is 0 Å². The highest BCUT2D eigenvalue weighted by atomic mass is 32.3. The molecule has 0 saturated carbocycles. The quantitative estimate of drug-likeness (QED) is 0.772. The third-order valence-electron chi connectivity index (χ3n) is 4.10. The molecule has 0 unspecified atom stereocenters. The van der Waals surface area contributed by atoms with Gasteiger partial charge in [-0.25, -0.2) is 10.0 Å². The molecule has 2 N–H and O–H groups in total. The van der Waals surface area contributed by atoms with Crippen LogP contribution in [0.2, 0.25) is 0 Å². The maximum absolute atomic E-state index is 10.3. The lowest BCUT2D eigenvalue weighted by Crippen LogP contribution is -2.39. The summed E-state index contributed by atoms with van der Waals surface area (Å²) in [7, 11) is -0.426. The lowest BCUT2D eigenvalue weighted by Gasteiger charge is -2.38. The van der Waals surface area contributed by atoms with Crippen LogP contribution in [0.4, 0.5) is 0 Å². The van der Waals surface area contributed by atoms with E-state index in [4.69, 9.17) is 0 Å². The van der Waals surface area contributed by atoms with Gasteiger partial charge in [0.2, 0.25) is 0 Å². The summed E-state index contributed by atoms with van der Waals surface area (Å²) >= 11 is 0. The minimum absolute atomic E-state index is 0.0689. The standard InChI is InChI=1S/C12H25NOS/c1-2-15(8-3-4-9-15)10-12(14)11-6-5-7-13-11/h11-14H,2-10H2,1H3/t11-,12+/m0/s1. The number of aliphatic hydroxyl groups excluding tert-OH is 1. The molecule has 2 saturated heterocycles. The predicted molar refractivity (Wildman–Crippen MR) is 69.0 cm³/mol. The van der Waals surface area contributed by atoms with E-state index in [9.17, 15) is 5.11 Å². The van der Waals surface area contributed by atoms with Crippen molar-refractivity contribution in [1.29, 1.82) is 0 Å². The van der Waals surface area contributed by atoms with Crippen molar-refractivity contribution in [2.75, 3.05) is 29.6 Å². The molecule has 15 heavy (non-hydrogen) atoms. The van der Waals surface area contributed by atoms with Crippen LogP contribution in [0.5, 0.6) is 0 Å². The molecule has 2 aliphatic heterocycles. The van der Waals surface area contributed by atoms with Gasteiger partial charge in [-0.05, 0) is 49.5 Å². The molecule has 0 bridgehead atoms. The first-order chi connectivity index (χ1) is 7.26. The molecule has 2 nitrogen and oxygen atoms in total. The van der Waals surface area contributed by atoms with Crippen molar-refractivity contribution in [3.8, 4) is 0 Å². The van der Waals surface area contributed by atoms with E-state index in [1.807, 2.05) is 0 Å². The van der Waals surface area contributed by atoms with Crippen LogP contribution in [0.3, 0.4) is 0 Å². The van der Waals surface area contributed by atoms with Crippen LogP contribution in [0.15, 0.2) is 0 Å². The van der Waals surface area contributed by atoms with Crippen LogP contribution in [0.1, 0.15) is 32.6 Å². The second kappa shape index (κ2) is 5.07. The fourth-order valence-electron chi connectivity index (χ4n) is 3.01. The van der Waals surface area contributed by atoms with E-state index in [0.717, 1.165) is 12.3 Å². The molecule has 2 fully saturated rings. The Hall–Kier alpha value is 0.270. The highest BCUT2D eigenvalue weighted by Crippen LogP contribution is 2.54. The Kier molecular flexibility index (Phi) is 3.97. The first kappa shape index (κ1) is 11.7. The van der Waals surface area contributed by atoms with E-state index < -0.39 is 10.0 Å². The second-order valence-electron chi connectivity index (χ2n) is 5.07. The summed E-state index contributed by atoms with van der Waals surface area (Å²) in [5.41, 5.74) is 0. The van der Waals surface area contributed by atoms with Crippen LogP contribution < -0.4 is 5.32 Å². The average molecular weight is 231 g/mol. The van der Waals surface area contributed by atoms with Crippen LogP contribution in [0, 0.1) is 0 Å². The lowest BCUT2D eigenvalue weighted by molar-refractivity contribution is 0.158. The lowest BCUT2D eigenvalue weighted by atomic mass is 10.1. The normalized spacial score (nSPS) is 34.1. The Bertz CT molecular complexity index is 198. The maximum atomic E-state index is 10.3. The van der Waals surface area contributed by atoms with Gasteiger partial charge in [-0.1, -0.05) is 6.92 Å². The molecule has 2 atom stereocenters. The molecule has 0 aromatic heterocycles. The van der Waals surface area contributed by atoms with E-state index in [1.165, 1.54) is 42.9 Å². The SMILES string of the molecule is CCS1(C[C@@H](O)[C@@H]2CCCN2)CCCC1. The molecule has 0 aromatic carbocycles. The molecular weight excluding hydrogens is 206 g/mol. The van der Waals surface area contributed by atoms with Crippen LogP contribution >= 0.6 is 10.0 Å². The molecule has 0 radical (unpaired) electrons. The van der Waals surface area contributed by atoms with Gasteiger partial charge in [0.25, 0.3) is 0 Å². The van der Waals surface area contributed by atoms with Crippen molar-refractivity contribution in [1.82, 2.24) is 5.32 Å². The summed E-state index contributed by atoms with van der Waals surface area (Å²) in [6, 6.07) is 0.404. The Morgan fingerprint density at radius 2 is 2.07 bits per heavy atom. The second-order valence-corrected chi connectivity index (χ2v) is 9.24. The molecule has 0 aliphatic carbocycles. The zero-order chi connectivity index (χ0) is 10.7. The van der Waals surface area contributed by atoms with E-state index in [0.29, 0.717) is 6.04 Å². The summed E-state index contributed by atoms with van der Waals surface area (Å²) in [5.74, 6) is 5.29. The van der Waals surface area contributed by atoms with E-state index in [2.05, 4.69) is 12.2 Å². The Balaban J connectivity index is 1.88. The molecular formula is C12H25NOS. The van der Waals surface area contributed by atoms with Gasteiger partial charge >= 0.3 is 0 Å². The zero-order valence-electron chi connectivity index (χ0n) is 9.87. The molecule has 2 aliphatic rings. The van der Waals surface area contributed by atoms with Gasteiger partial charge in [0.1, 0.15) is 0 Å². The molecule has 0 spiro atoms. The van der Waals surface area contributed by atoms with Gasteiger partial charge in [-0.2, -0.15) is 0 Å². The molecule has 0 aromatic rings. The fraction of sp³-hybridized carbons (Fsp3) is 1.00. The molecule has 3 heteroatoms. The molecule has 0 amide bonds. The van der Waals surface area contributed by atoms with Crippen molar-refractivity contribution in [2.24, 2.45) is 0 Å². The maximum Gasteiger partial charge on any atom is 0.0768 e. The Morgan fingerprint density at radius 1 is 1.33 bits per heavy atom. The third kappa shape index (κ3) is 2.69. The number of hydrogen-bond acceptors (Lipinski definition) is 2. The average Bonchev–Trinajstić information content (AvgIpc) is 2.88. The van der Waals surface area contributed by atoms with Crippen molar-refractivity contribution >= 4 is 10.0 Å². The van der Waals surface area contributed by atoms with Crippen molar-refractivity contribution < 1.29 is 5.11 Å². The zero-order valence-corrected chi connectivity index (χ0v) is 10.7.